The lowest BCUT2D eigenvalue weighted by Gasteiger charge is -2.33. The van der Waals surface area contributed by atoms with E-state index >= 15 is 0 Å². The molecule has 1 N–H and O–H groups in total. The summed E-state index contributed by atoms with van der Waals surface area (Å²) in [5.74, 6) is 1.99. The Morgan fingerprint density at radius 2 is 1.43 bits per heavy atom. The van der Waals surface area contributed by atoms with Gasteiger partial charge in [-0.25, -0.2) is 0 Å². The third kappa shape index (κ3) is 5.63. The Balaban J connectivity index is 1.24. The van der Waals surface area contributed by atoms with E-state index in [9.17, 15) is 4.79 Å². The predicted molar refractivity (Wildman–Crippen MR) is 121 cm³/mol. The van der Waals surface area contributed by atoms with Gasteiger partial charge >= 0.3 is 0 Å². The molecule has 0 radical (unpaired) electrons. The number of hydrogen-bond acceptors (Lipinski definition) is 5. The molecule has 2 aliphatic rings. The quantitative estimate of drug-likeness (QED) is 0.785. The lowest BCUT2D eigenvalue weighted by Crippen LogP contribution is -2.45. The van der Waals surface area contributed by atoms with Crippen LogP contribution in [0.1, 0.15) is 44.1 Å². The van der Waals surface area contributed by atoms with E-state index in [4.69, 9.17) is 11.6 Å². The van der Waals surface area contributed by atoms with Gasteiger partial charge in [-0.2, -0.15) is 0 Å². The summed E-state index contributed by atoms with van der Waals surface area (Å²) in [4.78, 5) is 17.0. The molecule has 6 nitrogen and oxygen atoms in total. The minimum Gasteiger partial charge on any atom is -0.355 e. The number of benzene rings is 1. The van der Waals surface area contributed by atoms with E-state index < -0.39 is 0 Å². The van der Waals surface area contributed by atoms with Gasteiger partial charge in [0.2, 0.25) is 5.91 Å². The van der Waals surface area contributed by atoms with Gasteiger partial charge in [-0.05, 0) is 55.5 Å². The van der Waals surface area contributed by atoms with Crippen LogP contribution in [-0.2, 0) is 11.2 Å². The Morgan fingerprint density at radius 1 is 0.867 bits per heavy atom. The van der Waals surface area contributed by atoms with Crippen LogP contribution in [0.25, 0.3) is 0 Å². The summed E-state index contributed by atoms with van der Waals surface area (Å²) < 4.78 is 0. The number of piperidine rings is 1. The van der Waals surface area contributed by atoms with E-state index in [0.29, 0.717) is 11.4 Å². The molecule has 0 spiro atoms. The summed E-state index contributed by atoms with van der Waals surface area (Å²) in [5.41, 5.74) is 0.981. The van der Waals surface area contributed by atoms with Crippen molar-refractivity contribution in [2.24, 2.45) is 0 Å². The first kappa shape index (κ1) is 20.9. The summed E-state index contributed by atoms with van der Waals surface area (Å²) >= 11 is 5.91. The minimum atomic E-state index is 0.0670. The fraction of sp³-hybridized carbons (Fsp3) is 0.522. The molecule has 1 amide bonds. The second-order valence-electron chi connectivity index (χ2n) is 8.28. The van der Waals surface area contributed by atoms with E-state index in [-0.39, 0.29) is 11.9 Å². The normalized spacial score (nSPS) is 18.2. The molecule has 2 aliphatic heterocycles. The Labute approximate surface area is 183 Å². The summed E-state index contributed by atoms with van der Waals surface area (Å²) in [7, 11) is 0. The number of hydrogen-bond donors (Lipinski definition) is 1. The maximum atomic E-state index is 12.3. The summed E-state index contributed by atoms with van der Waals surface area (Å²) in [6.07, 6.45) is 7.33. The molecule has 160 valence electrons. The number of carbonyl (C=O) groups excluding carboxylic acids is 1. The molecule has 1 aromatic carbocycles. The van der Waals surface area contributed by atoms with Crippen LogP contribution in [-0.4, -0.2) is 48.3 Å². The smallest absolute Gasteiger partial charge is 0.224 e. The maximum Gasteiger partial charge on any atom is 0.224 e. The SMILES string of the molecule is O=C(Cc1ccc(Cl)cc1)NC1CCN(c2ccc(N3CCCCCC3)nn2)CC1. The number of nitrogens with zero attached hydrogens (tertiary/aromatic N) is 4. The van der Waals surface area contributed by atoms with Gasteiger partial charge in [0.15, 0.2) is 11.6 Å². The Kier molecular flexibility index (Phi) is 7.05. The number of rotatable bonds is 5. The van der Waals surface area contributed by atoms with Crippen molar-refractivity contribution in [2.45, 2.75) is 51.0 Å². The molecule has 3 heterocycles. The third-order valence-corrected chi connectivity index (χ3v) is 6.28. The first-order valence-electron chi connectivity index (χ1n) is 11.0. The fourth-order valence-corrected chi connectivity index (χ4v) is 4.40. The van der Waals surface area contributed by atoms with Gasteiger partial charge in [0, 0.05) is 37.2 Å². The number of halogens is 1. The zero-order chi connectivity index (χ0) is 20.8. The van der Waals surface area contributed by atoms with Crippen LogP contribution >= 0.6 is 11.6 Å². The molecule has 2 fully saturated rings. The summed E-state index contributed by atoms with van der Waals surface area (Å²) in [6, 6.07) is 11.9. The van der Waals surface area contributed by atoms with Gasteiger partial charge in [-0.3, -0.25) is 4.79 Å². The van der Waals surface area contributed by atoms with Crippen molar-refractivity contribution in [3.8, 4) is 0 Å². The van der Waals surface area contributed by atoms with Gasteiger partial charge in [-0.1, -0.05) is 36.6 Å². The molecule has 0 atom stereocenters. The monoisotopic (exact) mass is 427 g/mol. The largest absolute Gasteiger partial charge is 0.355 e. The molecule has 30 heavy (non-hydrogen) atoms. The molecule has 4 rings (SSSR count). The molecule has 2 aromatic rings. The second-order valence-corrected chi connectivity index (χ2v) is 8.72. The topological polar surface area (TPSA) is 61.4 Å². The third-order valence-electron chi connectivity index (χ3n) is 6.03. The van der Waals surface area contributed by atoms with Crippen molar-refractivity contribution in [3.63, 3.8) is 0 Å². The van der Waals surface area contributed by atoms with Crippen molar-refractivity contribution >= 4 is 29.1 Å². The van der Waals surface area contributed by atoms with Crippen molar-refractivity contribution in [2.75, 3.05) is 36.0 Å². The zero-order valence-corrected chi connectivity index (χ0v) is 18.2. The molecule has 0 bridgehead atoms. The first-order valence-corrected chi connectivity index (χ1v) is 11.4. The first-order chi connectivity index (χ1) is 14.7. The van der Waals surface area contributed by atoms with E-state index in [1.807, 2.05) is 24.3 Å². The Bertz CT molecular complexity index is 810. The van der Waals surface area contributed by atoms with E-state index in [1.54, 1.807) is 0 Å². The van der Waals surface area contributed by atoms with Gasteiger partial charge in [0.25, 0.3) is 0 Å². The number of carbonyl (C=O) groups is 1. The number of nitrogens with one attached hydrogen (secondary N) is 1. The van der Waals surface area contributed by atoms with Crippen LogP contribution in [0.15, 0.2) is 36.4 Å². The number of anilines is 2. The van der Waals surface area contributed by atoms with Crippen molar-refractivity contribution in [1.29, 1.82) is 0 Å². The van der Waals surface area contributed by atoms with Gasteiger partial charge in [0.1, 0.15) is 0 Å². The van der Waals surface area contributed by atoms with Crippen LogP contribution in [0.2, 0.25) is 5.02 Å². The average Bonchev–Trinajstić information content (AvgIpc) is 3.06. The lowest BCUT2D eigenvalue weighted by atomic mass is 10.0. The number of amides is 1. The standard InChI is InChI=1S/C23H30ClN5O/c24-19-7-5-18(6-8-19)17-23(30)25-20-11-15-29(16-12-20)22-10-9-21(26-27-22)28-13-3-1-2-4-14-28/h5-10,20H,1-4,11-17H2,(H,25,30). The van der Waals surface area contributed by atoms with Crippen molar-refractivity contribution in [3.05, 3.63) is 47.0 Å². The highest BCUT2D eigenvalue weighted by atomic mass is 35.5. The summed E-state index contributed by atoms with van der Waals surface area (Å²) in [5, 5.41) is 12.8. The van der Waals surface area contributed by atoms with E-state index in [2.05, 4.69) is 37.4 Å². The second kappa shape index (κ2) is 10.1. The predicted octanol–water partition coefficient (Wildman–Crippen LogP) is 3.84. The molecule has 1 aromatic heterocycles. The van der Waals surface area contributed by atoms with Crippen LogP contribution < -0.4 is 15.1 Å². The van der Waals surface area contributed by atoms with Crippen molar-refractivity contribution in [1.82, 2.24) is 15.5 Å². The van der Waals surface area contributed by atoms with E-state index in [0.717, 1.165) is 56.2 Å². The maximum absolute atomic E-state index is 12.3. The van der Waals surface area contributed by atoms with Crippen LogP contribution in [0.4, 0.5) is 11.6 Å². The average molecular weight is 428 g/mol. The van der Waals surface area contributed by atoms with Gasteiger partial charge in [-0.15, -0.1) is 10.2 Å². The highest BCUT2D eigenvalue weighted by Crippen LogP contribution is 2.21. The van der Waals surface area contributed by atoms with Gasteiger partial charge in [0.05, 0.1) is 6.42 Å². The lowest BCUT2D eigenvalue weighted by molar-refractivity contribution is -0.121. The van der Waals surface area contributed by atoms with Crippen LogP contribution in [0.3, 0.4) is 0 Å². The molecular formula is C23H30ClN5O. The fourth-order valence-electron chi connectivity index (χ4n) is 4.27. The number of aromatic nitrogens is 2. The van der Waals surface area contributed by atoms with Gasteiger partial charge < -0.3 is 15.1 Å². The van der Waals surface area contributed by atoms with E-state index in [1.165, 1.54) is 25.7 Å². The zero-order valence-electron chi connectivity index (χ0n) is 17.4. The molecule has 0 aliphatic carbocycles. The van der Waals surface area contributed by atoms with Crippen LogP contribution in [0, 0.1) is 0 Å². The Morgan fingerprint density at radius 3 is 2.00 bits per heavy atom. The molecule has 7 heteroatoms. The molecule has 2 saturated heterocycles. The van der Waals surface area contributed by atoms with Crippen LogP contribution in [0.5, 0.6) is 0 Å². The Hall–Kier alpha value is -2.34. The molecule has 0 unspecified atom stereocenters. The summed E-state index contributed by atoms with van der Waals surface area (Å²) in [6.45, 7) is 3.91. The molecule has 0 saturated carbocycles. The molecular weight excluding hydrogens is 398 g/mol. The minimum absolute atomic E-state index is 0.0670. The van der Waals surface area contributed by atoms with Crippen molar-refractivity contribution < 1.29 is 4.79 Å². The highest BCUT2D eigenvalue weighted by Gasteiger charge is 2.22. The highest BCUT2D eigenvalue weighted by molar-refractivity contribution is 6.30.